The third-order valence-electron chi connectivity index (χ3n) is 4.77. The SMILES string of the molecule is CCC1N=C(c2cccc(F)c2)c2c(cccc2C(F)(F)F)-n2c(CCl)nnc21. The van der Waals surface area contributed by atoms with Gasteiger partial charge in [-0.2, -0.15) is 13.2 Å². The van der Waals surface area contributed by atoms with E-state index in [-0.39, 0.29) is 28.4 Å². The molecule has 1 atom stereocenters. The van der Waals surface area contributed by atoms with Crippen LogP contribution in [0, 0.1) is 5.82 Å². The summed E-state index contributed by atoms with van der Waals surface area (Å²) in [5, 5.41) is 8.17. The van der Waals surface area contributed by atoms with Gasteiger partial charge in [-0.05, 0) is 30.7 Å². The monoisotopic (exact) mass is 422 g/mol. The first-order chi connectivity index (χ1) is 13.8. The Morgan fingerprint density at radius 2 is 1.86 bits per heavy atom. The maximum atomic E-state index is 13.9. The lowest BCUT2D eigenvalue weighted by Crippen LogP contribution is -2.17. The highest BCUT2D eigenvalue weighted by molar-refractivity contribution is 6.17. The normalized spacial score (nSPS) is 16.1. The summed E-state index contributed by atoms with van der Waals surface area (Å²) >= 11 is 5.99. The molecule has 0 saturated carbocycles. The zero-order chi connectivity index (χ0) is 20.8. The fourth-order valence-corrected chi connectivity index (χ4v) is 3.69. The van der Waals surface area contributed by atoms with Crippen LogP contribution in [0.25, 0.3) is 5.69 Å². The number of aliphatic imine (C=N–C) groups is 1. The lowest BCUT2D eigenvalue weighted by molar-refractivity contribution is -0.137. The standard InChI is InChI=1S/C20H15ClF4N4/c1-2-14-19-28-27-16(10-21)29(19)15-8-4-7-13(20(23,24)25)17(15)18(26-14)11-5-3-6-12(22)9-11/h3-9,14H,2,10H2,1H3. The van der Waals surface area contributed by atoms with Gasteiger partial charge in [0.2, 0.25) is 0 Å². The van der Waals surface area contributed by atoms with Crippen LogP contribution in [0.4, 0.5) is 17.6 Å². The molecule has 1 unspecified atom stereocenters. The number of alkyl halides is 4. The van der Waals surface area contributed by atoms with Crippen LogP contribution in [-0.2, 0) is 12.1 Å². The molecule has 0 bridgehead atoms. The van der Waals surface area contributed by atoms with Crippen LogP contribution < -0.4 is 0 Å². The van der Waals surface area contributed by atoms with E-state index in [0.29, 0.717) is 18.1 Å². The molecule has 150 valence electrons. The average molecular weight is 423 g/mol. The van der Waals surface area contributed by atoms with Crippen molar-refractivity contribution in [3.63, 3.8) is 0 Å². The summed E-state index contributed by atoms with van der Waals surface area (Å²) in [6.07, 6.45) is -4.17. The van der Waals surface area contributed by atoms with Gasteiger partial charge >= 0.3 is 6.18 Å². The molecule has 3 aromatic rings. The molecule has 1 aromatic heterocycles. The van der Waals surface area contributed by atoms with E-state index in [1.165, 1.54) is 28.8 Å². The Balaban J connectivity index is 2.13. The molecule has 4 rings (SSSR count). The predicted octanol–water partition coefficient (Wildman–Crippen LogP) is 5.47. The van der Waals surface area contributed by atoms with E-state index in [4.69, 9.17) is 11.6 Å². The highest BCUT2D eigenvalue weighted by Crippen LogP contribution is 2.40. The smallest absolute Gasteiger partial charge is 0.279 e. The maximum absolute atomic E-state index is 13.9. The van der Waals surface area contributed by atoms with Crippen LogP contribution in [0.5, 0.6) is 0 Å². The summed E-state index contributed by atoms with van der Waals surface area (Å²) in [4.78, 5) is 4.59. The van der Waals surface area contributed by atoms with Crippen LogP contribution in [0.2, 0.25) is 0 Å². The van der Waals surface area contributed by atoms with Crippen LogP contribution in [0.1, 0.15) is 47.7 Å². The van der Waals surface area contributed by atoms with E-state index >= 15 is 0 Å². The number of fused-ring (bicyclic) bond motifs is 3. The molecular weight excluding hydrogens is 408 g/mol. The Morgan fingerprint density at radius 1 is 1.10 bits per heavy atom. The van der Waals surface area contributed by atoms with Crippen molar-refractivity contribution < 1.29 is 17.6 Å². The molecule has 4 nitrogen and oxygen atoms in total. The second kappa shape index (κ2) is 7.26. The molecule has 0 radical (unpaired) electrons. The zero-order valence-electron chi connectivity index (χ0n) is 15.2. The molecular formula is C20H15ClF4N4. The fourth-order valence-electron chi connectivity index (χ4n) is 3.51. The van der Waals surface area contributed by atoms with E-state index in [9.17, 15) is 17.6 Å². The summed E-state index contributed by atoms with van der Waals surface area (Å²) in [6.45, 7) is 1.84. The molecule has 29 heavy (non-hydrogen) atoms. The third kappa shape index (κ3) is 3.31. The molecule has 2 aromatic carbocycles. The van der Waals surface area contributed by atoms with Crippen molar-refractivity contribution in [1.82, 2.24) is 14.8 Å². The van der Waals surface area contributed by atoms with Gasteiger partial charge in [0, 0.05) is 11.1 Å². The lowest BCUT2D eigenvalue weighted by Gasteiger charge is -2.18. The van der Waals surface area contributed by atoms with Gasteiger partial charge in [-0.25, -0.2) is 4.39 Å². The minimum atomic E-state index is -4.64. The summed E-state index contributed by atoms with van der Waals surface area (Å²) < 4.78 is 57.3. The average Bonchev–Trinajstić information content (AvgIpc) is 3.05. The number of rotatable bonds is 3. The number of nitrogens with zero attached hydrogens (tertiary/aromatic N) is 4. The molecule has 2 heterocycles. The van der Waals surface area contributed by atoms with Crippen molar-refractivity contribution in [2.45, 2.75) is 31.4 Å². The topological polar surface area (TPSA) is 43.1 Å². The first-order valence-corrected chi connectivity index (χ1v) is 9.43. The minimum Gasteiger partial charge on any atom is -0.279 e. The van der Waals surface area contributed by atoms with Crippen LogP contribution >= 0.6 is 11.6 Å². The molecule has 0 aliphatic carbocycles. The largest absolute Gasteiger partial charge is 0.417 e. The first kappa shape index (κ1) is 19.6. The van der Waals surface area contributed by atoms with Gasteiger partial charge in [-0.15, -0.1) is 21.8 Å². The number of hydrogen-bond donors (Lipinski definition) is 0. The Bertz CT molecular complexity index is 1100. The molecule has 9 heteroatoms. The minimum absolute atomic E-state index is 0.0333. The van der Waals surface area contributed by atoms with Gasteiger partial charge in [-0.1, -0.05) is 25.1 Å². The third-order valence-corrected chi connectivity index (χ3v) is 5.01. The number of benzene rings is 2. The van der Waals surface area contributed by atoms with Crippen molar-refractivity contribution in [2.75, 3.05) is 0 Å². The van der Waals surface area contributed by atoms with Gasteiger partial charge in [-0.3, -0.25) is 9.56 Å². The van der Waals surface area contributed by atoms with Gasteiger partial charge in [0.1, 0.15) is 11.9 Å². The molecule has 0 amide bonds. The second-order valence-electron chi connectivity index (χ2n) is 6.55. The lowest BCUT2D eigenvalue weighted by atomic mass is 9.95. The van der Waals surface area contributed by atoms with Gasteiger partial charge in [0.25, 0.3) is 0 Å². The summed E-state index contributed by atoms with van der Waals surface area (Å²) in [5.74, 6) is 0.120. The van der Waals surface area contributed by atoms with Crippen molar-refractivity contribution in [3.8, 4) is 5.69 Å². The Kier molecular flexibility index (Phi) is 4.90. The highest BCUT2D eigenvalue weighted by Gasteiger charge is 2.38. The second-order valence-corrected chi connectivity index (χ2v) is 6.82. The van der Waals surface area contributed by atoms with Crippen LogP contribution in [0.15, 0.2) is 47.5 Å². The fraction of sp³-hybridized carbons (Fsp3) is 0.250. The predicted molar refractivity (Wildman–Crippen MR) is 101 cm³/mol. The van der Waals surface area contributed by atoms with Crippen molar-refractivity contribution in [1.29, 1.82) is 0 Å². The molecule has 1 aliphatic rings. The quantitative estimate of drug-likeness (QED) is 0.415. The molecule has 0 fully saturated rings. The van der Waals surface area contributed by atoms with Crippen LogP contribution in [-0.4, -0.2) is 20.5 Å². The first-order valence-electron chi connectivity index (χ1n) is 8.90. The van der Waals surface area contributed by atoms with Crippen molar-refractivity contribution in [3.05, 3.63) is 76.6 Å². The summed E-state index contributed by atoms with van der Waals surface area (Å²) in [6, 6.07) is 8.68. The van der Waals surface area contributed by atoms with Crippen molar-refractivity contribution in [2.24, 2.45) is 4.99 Å². The zero-order valence-corrected chi connectivity index (χ0v) is 16.0. The Morgan fingerprint density at radius 3 is 2.52 bits per heavy atom. The Labute approximate surface area is 168 Å². The molecule has 0 spiro atoms. The van der Waals surface area contributed by atoms with Gasteiger partial charge < -0.3 is 0 Å². The maximum Gasteiger partial charge on any atom is 0.417 e. The van der Waals surface area contributed by atoms with Gasteiger partial charge in [0.15, 0.2) is 11.6 Å². The van der Waals surface area contributed by atoms with E-state index in [0.717, 1.165) is 6.07 Å². The van der Waals surface area contributed by atoms with E-state index < -0.39 is 23.6 Å². The van der Waals surface area contributed by atoms with E-state index in [2.05, 4.69) is 15.2 Å². The number of halogens is 5. The Hall–Kier alpha value is -2.74. The summed E-state index contributed by atoms with van der Waals surface area (Å²) in [7, 11) is 0. The number of hydrogen-bond acceptors (Lipinski definition) is 3. The summed E-state index contributed by atoms with van der Waals surface area (Å²) in [5.41, 5.74) is -0.476. The molecule has 1 aliphatic heterocycles. The number of aromatic nitrogens is 3. The van der Waals surface area contributed by atoms with E-state index in [1.807, 2.05) is 6.92 Å². The molecule has 0 N–H and O–H groups in total. The molecule has 0 saturated heterocycles. The van der Waals surface area contributed by atoms with Gasteiger partial charge in [0.05, 0.1) is 22.8 Å². The van der Waals surface area contributed by atoms with Crippen molar-refractivity contribution >= 4 is 17.3 Å². The highest BCUT2D eigenvalue weighted by atomic mass is 35.5. The van der Waals surface area contributed by atoms with E-state index in [1.54, 1.807) is 12.1 Å². The van der Waals surface area contributed by atoms with Crippen LogP contribution in [0.3, 0.4) is 0 Å².